The van der Waals surface area contributed by atoms with Gasteiger partial charge in [0, 0.05) is 43.2 Å². The van der Waals surface area contributed by atoms with Crippen molar-refractivity contribution < 1.29 is 4.79 Å². The first kappa shape index (κ1) is 16.1. The molecule has 0 radical (unpaired) electrons. The van der Waals surface area contributed by atoms with Gasteiger partial charge in [-0.1, -0.05) is 30.3 Å². The lowest BCUT2D eigenvalue weighted by Gasteiger charge is -2.12. The van der Waals surface area contributed by atoms with E-state index in [2.05, 4.69) is 20.4 Å². The number of fused-ring (bicyclic) bond motifs is 1. The number of hydrogen-bond acceptors (Lipinski definition) is 4. The molecule has 6 heteroatoms. The van der Waals surface area contributed by atoms with Crippen molar-refractivity contribution in [1.82, 2.24) is 15.3 Å². The van der Waals surface area contributed by atoms with E-state index < -0.39 is 0 Å². The van der Waals surface area contributed by atoms with Crippen LogP contribution in [0.5, 0.6) is 0 Å². The number of nitrogens with zero attached hydrogens (tertiary/aromatic N) is 3. The Morgan fingerprint density at radius 2 is 2.04 bits per heavy atom. The predicted octanol–water partition coefficient (Wildman–Crippen LogP) is 2.83. The number of aromatic amines is 1. The van der Waals surface area contributed by atoms with Gasteiger partial charge in [-0.25, -0.2) is 4.98 Å². The third-order valence-corrected chi connectivity index (χ3v) is 4.37. The first-order chi connectivity index (χ1) is 12.7. The van der Waals surface area contributed by atoms with Gasteiger partial charge in [0.25, 0.3) is 5.91 Å². The molecule has 0 atom stereocenters. The number of nitrogens with one attached hydrogen (secondary N) is 2. The van der Waals surface area contributed by atoms with Crippen molar-refractivity contribution in [3.05, 3.63) is 71.5 Å². The average Bonchev–Trinajstić information content (AvgIpc) is 3.13. The number of hydrogen-bond donors (Lipinski definition) is 2. The Balaban J connectivity index is 1.59. The van der Waals surface area contributed by atoms with Gasteiger partial charge < -0.3 is 10.3 Å². The fraction of sp³-hybridized carbons (Fsp3) is 0.150. The zero-order valence-electron chi connectivity index (χ0n) is 14.4. The van der Waals surface area contributed by atoms with Crippen molar-refractivity contribution in [3.63, 3.8) is 0 Å². The van der Waals surface area contributed by atoms with E-state index in [-0.39, 0.29) is 5.91 Å². The molecule has 2 N–H and O–H groups in total. The summed E-state index contributed by atoms with van der Waals surface area (Å²) < 4.78 is 0. The highest BCUT2D eigenvalue weighted by atomic mass is 16.1. The highest BCUT2D eigenvalue weighted by molar-refractivity contribution is 5.97. The molecule has 0 aliphatic carbocycles. The number of rotatable bonds is 4. The number of carbonyl (C=O) groups excluding carboxylic acids is 1. The molecule has 1 aromatic carbocycles. The normalized spacial score (nSPS) is 13.5. The van der Waals surface area contributed by atoms with Crippen LogP contribution in [0.25, 0.3) is 11.3 Å². The van der Waals surface area contributed by atoms with Gasteiger partial charge in [0.05, 0.1) is 11.8 Å². The van der Waals surface area contributed by atoms with Gasteiger partial charge in [-0.05, 0) is 23.8 Å². The fourth-order valence-corrected chi connectivity index (χ4v) is 2.96. The zero-order valence-corrected chi connectivity index (χ0v) is 14.4. The van der Waals surface area contributed by atoms with Crippen LogP contribution < -0.4 is 10.3 Å². The van der Waals surface area contributed by atoms with Crippen molar-refractivity contribution in [2.45, 2.75) is 6.42 Å². The number of benzene rings is 1. The number of carbonyl (C=O) groups is 1. The Bertz CT molecular complexity index is 961. The first-order valence-corrected chi connectivity index (χ1v) is 8.50. The predicted molar refractivity (Wildman–Crippen MR) is 102 cm³/mol. The number of anilines is 1. The smallest absolute Gasteiger partial charge is 0.253 e. The van der Waals surface area contributed by atoms with Gasteiger partial charge in [-0.2, -0.15) is 5.10 Å². The van der Waals surface area contributed by atoms with E-state index in [1.807, 2.05) is 55.6 Å². The second-order valence-electron chi connectivity index (χ2n) is 6.16. The minimum atomic E-state index is -0.0207. The van der Waals surface area contributed by atoms with E-state index in [1.165, 1.54) is 0 Å². The minimum absolute atomic E-state index is 0.0207. The molecule has 130 valence electrons. The van der Waals surface area contributed by atoms with Crippen LogP contribution in [0, 0.1) is 0 Å². The van der Waals surface area contributed by atoms with Gasteiger partial charge in [-0.3, -0.25) is 9.80 Å². The molecule has 6 nitrogen and oxygen atoms in total. The lowest BCUT2D eigenvalue weighted by molar-refractivity contribution is 0.0946. The molecular weight excluding hydrogens is 326 g/mol. The first-order valence-electron chi connectivity index (χ1n) is 8.50. The Hall–Kier alpha value is -3.41. The van der Waals surface area contributed by atoms with Crippen molar-refractivity contribution in [2.24, 2.45) is 5.10 Å². The van der Waals surface area contributed by atoms with Crippen LogP contribution in [0.2, 0.25) is 0 Å². The lowest BCUT2D eigenvalue weighted by atomic mass is 10.1. The second kappa shape index (κ2) is 6.84. The monoisotopic (exact) mass is 345 g/mol. The number of pyridine rings is 1. The molecule has 3 heterocycles. The number of H-pyrrole nitrogens is 1. The van der Waals surface area contributed by atoms with Gasteiger partial charge >= 0.3 is 0 Å². The number of aromatic nitrogens is 2. The summed E-state index contributed by atoms with van der Waals surface area (Å²) in [4.78, 5) is 19.7. The molecule has 1 aliphatic rings. The zero-order chi connectivity index (χ0) is 17.9. The molecule has 4 rings (SSSR count). The lowest BCUT2D eigenvalue weighted by Crippen LogP contribution is -2.31. The molecule has 1 aliphatic heterocycles. The average molecular weight is 345 g/mol. The van der Waals surface area contributed by atoms with Crippen LogP contribution >= 0.6 is 0 Å². The van der Waals surface area contributed by atoms with Crippen molar-refractivity contribution >= 4 is 17.9 Å². The van der Waals surface area contributed by atoms with E-state index in [1.54, 1.807) is 17.4 Å². The van der Waals surface area contributed by atoms with Crippen LogP contribution in [0.15, 0.2) is 59.8 Å². The van der Waals surface area contributed by atoms with E-state index in [4.69, 9.17) is 0 Å². The maximum absolute atomic E-state index is 12.0. The van der Waals surface area contributed by atoms with Gasteiger partial charge in [0.15, 0.2) is 0 Å². The maximum atomic E-state index is 12.0. The molecule has 0 bridgehead atoms. The van der Waals surface area contributed by atoms with Crippen molar-refractivity contribution in [1.29, 1.82) is 0 Å². The molecular formula is C20H19N5O. The Morgan fingerprint density at radius 1 is 1.19 bits per heavy atom. The third kappa shape index (κ3) is 3.21. The van der Waals surface area contributed by atoms with E-state index in [9.17, 15) is 4.79 Å². The van der Waals surface area contributed by atoms with Crippen LogP contribution in [-0.2, 0) is 6.42 Å². The molecule has 0 spiro atoms. The largest absolute Gasteiger partial charge is 0.358 e. The fourth-order valence-electron chi connectivity index (χ4n) is 2.96. The van der Waals surface area contributed by atoms with Gasteiger partial charge in [0.1, 0.15) is 5.82 Å². The van der Waals surface area contributed by atoms with Crippen molar-refractivity contribution in [2.75, 3.05) is 18.6 Å². The molecule has 26 heavy (non-hydrogen) atoms. The summed E-state index contributed by atoms with van der Waals surface area (Å²) in [5.74, 6) is 0.708. The van der Waals surface area contributed by atoms with Crippen LogP contribution in [0.3, 0.4) is 0 Å². The molecule has 0 saturated heterocycles. The summed E-state index contributed by atoms with van der Waals surface area (Å²) in [6.45, 7) is 0.671. The molecule has 1 amide bonds. The molecule has 0 fully saturated rings. The van der Waals surface area contributed by atoms with Gasteiger partial charge in [-0.15, -0.1) is 0 Å². The van der Waals surface area contributed by atoms with Gasteiger partial charge in [0.2, 0.25) is 0 Å². The molecule has 0 unspecified atom stereocenters. The standard InChI is InChI=1S/C20H19N5O/c1-25(23-13-14-5-3-2-4-6-14)19-11-15(7-9-21-19)18-12-16-17(24-18)8-10-22-20(16)26/h2-7,9,11-13,24H,8,10H2,1H3,(H,22,26)/b23-13+. The van der Waals surface area contributed by atoms with E-state index in [0.717, 1.165) is 40.3 Å². The summed E-state index contributed by atoms with van der Waals surface area (Å²) in [5, 5.41) is 9.04. The Kier molecular flexibility index (Phi) is 4.23. The Morgan fingerprint density at radius 3 is 2.85 bits per heavy atom. The number of amides is 1. The quantitative estimate of drug-likeness (QED) is 0.564. The maximum Gasteiger partial charge on any atom is 0.253 e. The molecule has 0 saturated carbocycles. The SMILES string of the molecule is CN(/N=C/c1ccccc1)c1cc(-c2cc3c([nH]2)CCNC3=O)ccn1. The van der Waals surface area contributed by atoms with Crippen LogP contribution in [-0.4, -0.2) is 35.7 Å². The number of hydrazone groups is 1. The molecule has 2 aromatic heterocycles. The van der Waals surface area contributed by atoms with Crippen LogP contribution in [0.4, 0.5) is 5.82 Å². The third-order valence-electron chi connectivity index (χ3n) is 4.37. The highest BCUT2D eigenvalue weighted by Gasteiger charge is 2.20. The second-order valence-corrected chi connectivity index (χ2v) is 6.16. The summed E-state index contributed by atoms with van der Waals surface area (Å²) >= 11 is 0. The summed E-state index contributed by atoms with van der Waals surface area (Å²) in [6.07, 6.45) is 4.37. The summed E-state index contributed by atoms with van der Waals surface area (Å²) in [6, 6.07) is 15.7. The Labute approximate surface area is 151 Å². The summed E-state index contributed by atoms with van der Waals surface area (Å²) in [7, 11) is 1.86. The minimum Gasteiger partial charge on any atom is -0.358 e. The van der Waals surface area contributed by atoms with E-state index in [0.29, 0.717) is 6.54 Å². The van der Waals surface area contributed by atoms with Crippen LogP contribution in [0.1, 0.15) is 21.6 Å². The van der Waals surface area contributed by atoms with E-state index >= 15 is 0 Å². The van der Waals surface area contributed by atoms with Crippen molar-refractivity contribution in [3.8, 4) is 11.3 Å². The highest BCUT2D eigenvalue weighted by Crippen LogP contribution is 2.26. The summed E-state index contributed by atoms with van der Waals surface area (Å²) in [5.41, 5.74) is 4.62. The topological polar surface area (TPSA) is 73.4 Å². The molecule has 3 aromatic rings.